The van der Waals surface area contributed by atoms with Gasteiger partial charge in [-0.1, -0.05) is 28.9 Å². The van der Waals surface area contributed by atoms with Crippen LogP contribution in [-0.2, 0) is 0 Å². The van der Waals surface area contributed by atoms with Gasteiger partial charge in [0.05, 0.1) is 0 Å². The highest BCUT2D eigenvalue weighted by Gasteiger charge is 2.19. The van der Waals surface area contributed by atoms with E-state index in [2.05, 4.69) is 58.2 Å². The van der Waals surface area contributed by atoms with Crippen LogP contribution in [-0.4, -0.2) is 25.7 Å². The van der Waals surface area contributed by atoms with Gasteiger partial charge in [0, 0.05) is 29.3 Å². The van der Waals surface area contributed by atoms with Gasteiger partial charge in [-0.3, -0.25) is 0 Å². The highest BCUT2D eigenvalue weighted by Crippen LogP contribution is 2.28. The van der Waals surface area contributed by atoms with Gasteiger partial charge in [0.25, 0.3) is 0 Å². The summed E-state index contributed by atoms with van der Waals surface area (Å²) in [5.41, 5.74) is 2.75. The molecule has 1 fully saturated rings. The summed E-state index contributed by atoms with van der Waals surface area (Å²) >= 11 is 3.62. The van der Waals surface area contributed by atoms with Crippen LogP contribution in [0.1, 0.15) is 31.7 Å². The molecule has 0 aliphatic carbocycles. The SMILES string of the molecule is CCCNC1CCN(c2cccc(Br)c2C)CC1. The van der Waals surface area contributed by atoms with E-state index in [1.165, 1.54) is 48.1 Å². The summed E-state index contributed by atoms with van der Waals surface area (Å²) < 4.78 is 1.21. The lowest BCUT2D eigenvalue weighted by molar-refractivity contribution is 0.415. The third kappa shape index (κ3) is 3.27. The number of nitrogens with one attached hydrogen (secondary N) is 1. The van der Waals surface area contributed by atoms with E-state index < -0.39 is 0 Å². The zero-order chi connectivity index (χ0) is 13.0. The van der Waals surface area contributed by atoms with Gasteiger partial charge in [-0.15, -0.1) is 0 Å². The smallest absolute Gasteiger partial charge is 0.0407 e. The molecule has 0 atom stereocenters. The van der Waals surface area contributed by atoms with Gasteiger partial charge in [0.2, 0.25) is 0 Å². The van der Waals surface area contributed by atoms with Crippen molar-refractivity contribution in [2.75, 3.05) is 24.5 Å². The average molecular weight is 311 g/mol. The van der Waals surface area contributed by atoms with Crippen LogP contribution in [0, 0.1) is 6.92 Å². The molecule has 2 rings (SSSR count). The van der Waals surface area contributed by atoms with E-state index in [0.717, 1.165) is 6.54 Å². The molecule has 1 aliphatic rings. The summed E-state index contributed by atoms with van der Waals surface area (Å²) in [4.78, 5) is 2.52. The average Bonchev–Trinajstić information content (AvgIpc) is 2.40. The van der Waals surface area contributed by atoms with Gasteiger partial charge in [-0.05, 0) is 50.4 Å². The van der Waals surface area contributed by atoms with Crippen LogP contribution in [0.4, 0.5) is 5.69 Å². The molecule has 0 bridgehead atoms. The minimum atomic E-state index is 0.716. The Morgan fingerprint density at radius 3 is 2.72 bits per heavy atom. The molecule has 1 aliphatic heterocycles. The first-order valence-corrected chi connectivity index (χ1v) is 7.75. The molecular weight excluding hydrogens is 288 g/mol. The highest BCUT2D eigenvalue weighted by atomic mass is 79.9. The molecule has 0 aromatic heterocycles. The number of anilines is 1. The minimum absolute atomic E-state index is 0.716. The first kappa shape index (κ1) is 13.9. The van der Waals surface area contributed by atoms with Crippen molar-refractivity contribution in [3.8, 4) is 0 Å². The van der Waals surface area contributed by atoms with Gasteiger partial charge in [-0.25, -0.2) is 0 Å². The Hall–Kier alpha value is -0.540. The molecule has 1 aromatic carbocycles. The molecule has 0 spiro atoms. The number of hydrogen-bond donors (Lipinski definition) is 1. The van der Waals surface area contributed by atoms with E-state index in [0.29, 0.717) is 6.04 Å². The maximum absolute atomic E-state index is 3.63. The van der Waals surface area contributed by atoms with Crippen LogP contribution >= 0.6 is 15.9 Å². The molecule has 0 amide bonds. The molecule has 0 radical (unpaired) electrons. The monoisotopic (exact) mass is 310 g/mol. The molecule has 0 unspecified atom stereocenters. The summed E-state index contributed by atoms with van der Waals surface area (Å²) in [6.07, 6.45) is 3.74. The van der Waals surface area contributed by atoms with Gasteiger partial charge < -0.3 is 10.2 Å². The number of piperidine rings is 1. The van der Waals surface area contributed by atoms with Gasteiger partial charge in [-0.2, -0.15) is 0 Å². The van der Waals surface area contributed by atoms with Crippen LogP contribution in [0.5, 0.6) is 0 Å². The van der Waals surface area contributed by atoms with Crippen molar-refractivity contribution in [2.45, 2.75) is 39.2 Å². The van der Waals surface area contributed by atoms with Crippen LogP contribution < -0.4 is 10.2 Å². The minimum Gasteiger partial charge on any atom is -0.371 e. The van der Waals surface area contributed by atoms with Gasteiger partial charge >= 0.3 is 0 Å². The Bertz CT molecular complexity index is 384. The summed E-state index contributed by atoms with van der Waals surface area (Å²) in [5.74, 6) is 0. The predicted molar refractivity (Wildman–Crippen MR) is 82.4 cm³/mol. The molecule has 2 nitrogen and oxygen atoms in total. The maximum atomic E-state index is 3.63. The van der Waals surface area contributed by atoms with Crippen LogP contribution in [0.2, 0.25) is 0 Å². The Kier molecular flexibility index (Phi) is 5.07. The van der Waals surface area contributed by atoms with Crippen LogP contribution in [0.15, 0.2) is 22.7 Å². The summed E-state index contributed by atoms with van der Waals surface area (Å²) in [5, 5.41) is 3.63. The molecule has 1 aromatic rings. The van der Waals surface area contributed by atoms with Gasteiger partial charge in [0.15, 0.2) is 0 Å². The molecule has 3 heteroatoms. The van der Waals surface area contributed by atoms with E-state index in [-0.39, 0.29) is 0 Å². The predicted octanol–water partition coefficient (Wildman–Crippen LogP) is 3.73. The Labute approximate surface area is 119 Å². The van der Waals surface area contributed by atoms with Crippen molar-refractivity contribution in [1.29, 1.82) is 0 Å². The summed E-state index contributed by atoms with van der Waals surface area (Å²) in [7, 11) is 0. The lowest BCUT2D eigenvalue weighted by Gasteiger charge is -2.35. The third-order valence-corrected chi connectivity index (χ3v) is 4.62. The Morgan fingerprint density at radius 2 is 2.06 bits per heavy atom. The largest absolute Gasteiger partial charge is 0.371 e. The number of benzene rings is 1. The number of hydrogen-bond acceptors (Lipinski definition) is 2. The Morgan fingerprint density at radius 1 is 1.33 bits per heavy atom. The molecular formula is C15H23BrN2. The fourth-order valence-corrected chi connectivity index (χ4v) is 2.97. The quantitative estimate of drug-likeness (QED) is 0.911. The second-order valence-corrected chi connectivity index (χ2v) is 5.95. The second kappa shape index (κ2) is 6.58. The molecule has 100 valence electrons. The van der Waals surface area contributed by atoms with Crippen molar-refractivity contribution >= 4 is 21.6 Å². The van der Waals surface area contributed by atoms with Crippen LogP contribution in [0.3, 0.4) is 0 Å². The molecule has 0 saturated carbocycles. The summed E-state index contributed by atoms with van der Waals surface area (Å²) in [6, 6.07) is 7.20. The van der Waals surface area contributed by atoms with Crippen molar-refractivity contribution in [1.82, 2.24) is 5.32 Å². The molecule has 1 saturated heterocycles. The Balaban J connectivity index is 1.95. The van der Waals surface area contributed by atoms with Crippen molar-refractivity contribution in [3.05, 3.63) is 28.2 Å². The fraction of sp³-hybridized carbons (Fsp3) is 0.600. The van der Waals surface area contributed by atoms with Gasteiger partial charge in [0.1, 0.15) is 0 Å². The number of halogens is 1. The zero-order valence-corrected chi connectivity index (χ0v) is 13.0. The highest BCUT2D eigenvalue weighted by molar-refractivity contribution is 9.10. The molecule has 1 heterocycles. The van der Waals surface area contributed by atoms with E-state index in [9.17, 15) is 0 Å². The lowest BCUT2D eigenvalue weighted by atomic mass is 10.0. The number of rotatable bonds is 4. The van der Waals surface area contributed by atoms with E-state index >= 15 is 0 Å². The van der Waals surface area contributed by atoms with Crippen molar-refractivity contribution < 1.29 is 0 Å². The maximum Gasteiger partial charge on any atom is 0.0407 e. The van der Waals surface area contributed by atoms with E-state index in [1.807, 2.05) is 0 Å². The zero-order valence-electron chi connectivity index (χ0n) is 11.4. The standard InChI is InChI=1S/C15H23BrN2/c1-3-9-17-13-7-10-18(11-8-13)15-6-4-5-14(16)12(15)2/h4-6,13,17H,3,7-11H2,1-2H3. The second-order valence-electron chi connectivity index (χ2n) is 5.10. The lowest BCUT2D eigenvalue weighted by Crippen LogP contribution is -2.43. The third-order valence-electron chi connectivity index (χ3n) is 3.76. The molecule has 1 N–H and O–H groups in total. The topological polar surface area (TPSA) is 15.3 Å². The van der Waals surface area contributed by atoms with E-state index in [1.54, 1.807) is 0 Å². The molecule has 18 heavy (non-hydrogen) atoms. The first-order chi connectivity index (χ1) is 8.72. The van der Waals surface area contributed by atoms with E-state index in [4.69, 9.17) is 0 Å². The fourth-order valence-electron chi connectivity index (χ4n) is 2.61. The van der Waals surface area contributed by atoms with Crippen molar-refractivity contribution in [3.63, 3.8) is 0 Å². The normalized spacial score (nSPS) is 17.2. The first-order valence-electron chi connectivity index (χ1n) is 6.95. The summed E-state index contributed by atoms with van der Waals surface area (Å²) in [6.45, 7) is 7.91. The number of nitrogens with zero attached hydrogens (tertiary/aromatic N) is 1. The van der Waals surface area contributed by atoms with Crippen molar-refractivity contribution in [2.24, 2.45) is 0 Å². The van der Waals surface area contributed by atoms with Crippen LogP contribution in [0.25, 0.3) is 0 Å².